The fourth-order valence-corrected chi connectivity index (χ4v) is 2.96. The number of alkyl halides is 3. The number of thiol groups is 1. The van der Waals surface area contributed by atoms with E-state index in [1.54, 1.807) is 6.92 Å². The van der Waals surface area contributed by atoms with Gasteiger partial charge in [0, 0.05) is 7.05 Å². The third-order valence-corrected chi connectivity index (χ3v) is 4.23. The second kappa shape index (κ2) is 7.99. The number of rotatable bonds is 6. The summed E-state index contributed by atoms with van der Waals surface area (Å²) in [6.07, 6.45) is -4.12. The molecule has 0 radical (unpaired) electrons. The average Bonchev–Trinajstić information content (AvgIpc) is 2.57. The van der Waals surface area contributed by atoms with Crippen molar-refractivity contribution in [3.63, 3.8) is 0 Å². The molecule has 2 aromatic rings. The highest BCUT2D eigenvalue weighted by molar-refractivity contribution is 7.71. The molecule has 0 aliphatic heterocycles. The smallest absolute Gasteiger partial charge is 0.416 e. The van der Waals surface area contributed by atoms with E-state index in [9.17, 15) is 31.5 Å². The molecule has 0 saturated heterocycles. The van der Waals surface area contributed by atoms with Gasteiger partial charge in [-0.1, -0.05) is 13.0 Å². The summed E-state index contributed by atoms with van der Waals surface area (Å²) >= 11 is 0. The van der Waals surface area contributed by atoms with E-state index < -0.39 is 39.5 Å². The normalized spacial score (nSPS) is 11.8. The summed E-state index contributed by atoms with van der Waals surface area (Å²) in [6, 6.07) is 2.39. The topological polar surface area (TPSA) is 98.5 Å². The van der Waals surface area contributed by atoms with Crippen LogP contribution in [-0.4, -0.2) is 29.9 Å². The standard InChI is InChI=1S/C16H17F3N2O5S/c1-3-6-26-14-12(13(22)15(23)21(2)20-14)11-5-4-10(16(17,18)19)7-9(11)8-27(24)25/h4-5,7,22,27H,3,6,8H2,1-2H3. The quantitative estimate of drug-likeness (QED) is 0.713. The fourth-order valence-electron chi connectivity index (χ4n) is 2.42. The van der Waals surface area contributed by atoms with Crippen LogP contribution in [0, 0.1) is 0 Å². The van der Waals surface area contributed by atoms with Crippen molar-refractivity contribution >= 4 is 10.7 Å². The van der Waals surface area contributed by atoms with Crippen molar-refractivity contribution < 1.29 is 31.4 Å². The Bertz CT molecular complexity index is 975. The molecule has 0 aliphatic rings. The molecule has 1 aromatic carbocycles. The highest BCUT2D eigenvalue weighted by atomic mass is 32.2. The number of hydrogen-bond acceptors (Lipinski definition) is 6. The first-order chi connectivity index (χ1) is 12.6. The van der Waals surface area contributed by atoms with Crippen molar-refractivity contribution in [2.24, 2.45) is 7.05 Å². The second-order valence-electron chi connectivity index (χ2n) is 5.67. The van der Waals surface area contributed by atoms with Gasteiger partial charge >= 0.3 is 11.7 Å². The molecule has 0 unspecified atom stereocenters. The molecule has 2 rings (SSSR count). The largest absolute Gasteiger partial charge is 0.502 e. The molecule has 0 fully saturated rings. The second-order valence-corrected chi connectivity index (χ2v) is 6.65. The maximum Gasteiger partial charge on any atom is 0.416 e. The lowest BCUT2D eigenvalue weighted by Crippen LogP contribution is -2.21. The van der Waals surface area contributed by atoms with Crippen LogP contribution in [0.2, 0.25) is 0 Å². The summed E-state index contributed by atoms with van der Waals surface area (Å²) < 4.78 is 67.5. The van der Waals surface area contributed by atoms with Crippen molar-refractivity contribution in [2.45, 2.75) is 25.3 Å². The van der Waals surface area contributed by atoms with Crippen LogP contribution >= 0.6 is 0 Å². The van der Waals surface area contributed by atoms with Crippen LogP contribution in [0.25, 0.3) is 11.1 Å². The molecule has 0 aliphatic carbocycles. The van der Waals surface area contributed by atoms with E-state index in [1.807, 2.05) is 0 Å². The molecule has 0 saturated carbocycles. The van der Waals surface area contributed by atoms with Gasteiger partial charge in [-0.25, -0.2) is 13.1 Å². The van der Waals surface area contributed by atoms with Crippen molar-refractivity contribution in [1.29, 1.82) is 0 Å². The predicted octanol–water partition coefficient (Wildman–Crippen LogP) is 2.07. The molecule has 27 heavy (non-hydrogen) atoms. The number of benzene rings is 1. The number of nitrogens with zero attached hydrogens (tertiary/aromatic N) is 2. The third kappa shape index (κ3) is 4.59. The van der Waals surface area contributed by atoms with E-state index in [0.29, 0.717) is 12.5 Å². The first kappa shape index (κ1) is 20.7. The molecule has 1 aromatic heterocycles. The predicted molar refractivity (Wildman–Crippen MR) is 91.4 cm³/mol. The minimum atomic E-state index is -4.68. The van der Waals surface area contributed by atoms with Gasteiger partial charge < -0.3 is 9.84 Å². The Morgan fingerprint density at radius 1 is 1.30 bits per heavy atom. The summed E-state index contributed by atoms with van der Waals surface area (Å²) in [5.74, 6) is -1.68. The van der Waals surface area contributed by atoms with Gasteiger partial charge in [0.2, 0.25) is 5.88 Å². The Morgan fingerprint density at radius 2 is 1.96 bits per heavy atom. The van der Waals surface area contributed by atoms with Crippen molar-refractivity contribution in [3.8, 4) is 22.8 Å². The Labute approximate surface area is 154 Å². The minimum absolute atomic E-state index is 0.0731. The highest BCUT2D eigenvalue weighted by Gasteiger charge is 2.32. The number of aromatic nitrogens is 2. The maximum atomic E-state index is 13.0. The maximum absolute atomic E-state index is 13.0. The molecule has 0 bridgehead atoms. The van der Waals surface area contributed by atoms with Gasteiger partial charge in [-0.05, 0) is 29.7 Å². The van der Waals surface area contributed by atoms with Gasteiger partial charge in [-0.15, -0.1) is 5.10 Å². The molecular weight excluding hydrogens is 389 g/mol. The molecule has 148 valence electrons. The zero-order valence-corrected chi connectivity index (χ0v) is 15.3. The Morgan fingerprint density at radius 3 is 2.52 bits per heavy atom. The molecule has 0 spiro atoms. The molecule has 0 atom stereocenters. The van der Waals surface area contributed by atoms with Gasteiger partial charge in [0.05, 0.1) is 23.5 Å². The summed E-state index contributed by atoms with van der Waals surface area (Å²) in [7, 11) is -1.80. The molecule has 0 amide bonds. The van der Waals surface area contributed by atoms with Gasteiger partial charge in [0.1, 0.15) is 10.7 Å². The van der Waals surface area contributed by atoms with Crippen LogP contribution in [0.5, 0.6) is 11.6 Å². The summed E-state index contributed by atoms with van der Waals surface area (Å²) in [4.78, 5) is 12.0. The minimum Gasteiger partial charge on any atom is -0.502 e. The van der Waals surface area contributed by atoms with E-state index in [-0.39, 0.29) is 29.2 Å². The van der Waals surface area contributed by atoms with E-state index in [4.69, 9.17) is 4.74 Å². The average molecular weight is 406 g/mol. The van der Waals surface area contributed by atoms with Crippen LogP contribution in [-0.2, 0) is 29.7 Å². The van der Waals surface area contributed by atoms with Crippen molar-refractivity contribution in [1.82, 2.24) is 9.78 Å². The number of aromatic hydroxyl groups is 1. The lowest BCUT2D eigenvalue weighted by molar-refractivity contribution is -0.137. The Balaban J connectivity index is 2.79. The van der Waals surface area contributed by atoms with E-state index >= 15 is 0 Å². The van der Waals surface area contributed by atoms with E-state index in [0.717, 1.165) is 16.8 Å². The molecular formula is C16H17F3N2O5S. The SMILES string of the molecule is CCCOc1nn(C)c(=O)c(O)c1-c1ccc(C(F)(F)F)cc1C[SH](=O)=O. The molecule has 1 N–H and O–H groups in total. The molecule has 1 heterocycles. The molecule has 7 nitrogen and oxygen atoms in total. The Hall–Kier alpha value is -2.56. The number of halogens is 3. The van der Waals surface area contributed by atoms with Crippen LogP contribution < -0.4 is 10.3 Å². The third-order valence-electron chi connectivity index (χ3n) is 3.63. The molecule has 11 heteroatoms. The van der Waals surface area contributed by atoms with Crippen LogP contribution in [0.15, 0.2) is 23.0 Å². The first-order valence-electron chi connectivity index (χ1n) is 7.81. The number of aryl methyl sites for hydroxylation is 1. The number of ether oxygens (including phenoxy) is 1. The van der Waals surface area contributed by atoms with Crippen molar-refractivity contribution in [2.75, 3.05) is 6.61 Å². The summed E-state index contributed by atoms with van der Waals surface area (Å²) in [6.45, 7) is 1.97. The monoisotopic (exact) mass is 406 g/mol. The van der Waals surface area contributed by atoms with E-state index in [1.165, 1.54) is 7.05 Å². The summed E-state index contributed by atoms with van der Waals surface area (Å²) in [5.41, 5.74) is -2.49. The lowest BCUT2D eigenvalue weighted by Gasteiger charge is -2.16. The zero-order valence-electron chi connectivity index (χ0n) is 14.4. The van der Waals surface area contributed by atoms with Crippen LogP contribution in [0.4, 0.5) is 13.2 Å². The van der Waals surface area contributed by atoms with Gasteiger partial charge in [0.15, 0.2) is 5.75 Å². The Kier molecular flexibility index (Phi) is 6.14. The summed E-state index contributed by atoms with van der Waals surface area (Å²) in [5, 5.41) is 14.2. The van der Waals surface area contributed by atoms with Crippen LogP contribution in [0.3, 0.4) is 0 Å². The van der Waals surface area contributed by atoms with E-state index in [2.05, 4.69) is 5.10 Å². The first-order valence-corrected chi connectivity index (χ1v) is 9.17. The van der Waals surface area contributed by atoms with Gasteiger partial charge in [0.25, 0.3) is 0 Å². The lowest BCUT2D eigenvalue weighted by atomic mass is 9.98. The number of hydrogen-bond donors (Lipinski definition) is 2. The highest BCUT2D eigenvalue weighted by Crippen LogP contribution is 2.39. The van der Waals surface area contributed by atoms with Gasteiger partial charge in [-0.2, -0.15) is 13.2 Å². The van der Waals surface area contributed by atoms with Gasteiger partial charge in [-0.3, -0.25) is 4.79 Å². The zero-order chi connectivity index (χ0) is 20.4. The fraction of sp³-hybridized carbons (Fsp3) is 0.375. The van der Waals surface area contributed by atoms with Crippen molar-refractivity contribution in [3.05, 3.63) is 39.7 Å². The van der Waals surface area contributed by atoms with Crippen LogP contribution in [0.1, 0.15) is 24.5 Å².